The van der Waals surface area contributed by atoms with Crippen LogP contribution in [0, 0.1) is 5.92 Å². The Bertz CT molecular complexity index is 323. The summed E-state index contributed by atoms with van der Waals surface area (Å²) in [6, 6.07) is 7.57. The number of rotatable bonds is 3. The second-order valence-electron chi connectivity index (χ2n) is 4.02. The monoisotopic (exact) mass is 223 g/mol. The average Bonchev–Trinajstić information content (AvgIpc) is 2.75. The largest absolute Gasteiger partial charge is 0.508 e. The summed E-state index contributed by atoms with van der Waals surface area (Å²) < 4.78 is 0. The molecule has 3 N–H and O–H groups in total. The lowest BCUT2D eigenvalue weighted by Crippen LogP contribution is -2.21. The topological polar surface area (TPSA) is 46.2 Å². The number of hydrogen-bond donors (Lipinski definition) is 2. The fraction of sp³-hybridized carbons (Fsp3) is 0.500. The Balaban J connectivity index is 2.22. The zero-order chi connectivity index (χ0) is 10.7. The summed E-state index contributed by atoms with van der Waals surface area (Å²) >= 11 is 1.99. The molecule has 1 saturated heterocycles. The van der Waals surface area contributed by atoms with Crippen molar-refractivity contribution >= 4 is 11.8 Å². The van der Waals surface area contributed by atoms with Crippen LogP contribution in [0.15, 0.2) is 24.3 Å². The van der Waals surface area contributed by atoms with Crippen molar-refractivity contribution in [3.63, 3.8) is 0 Å². The molecule has 1 aromatic rings. The van der Waals surface area contributed by atoms with Gasteiger partial charge in [0.05, 0.1) is 0 Å². The Labute approximate surface area is 94.9 Å². The van der Waals surface area contributed by atoms with Crippen LogP contribution in [0.25, 0.3) is 0 Å². The highest BCUT2D eigenvalue weighted by atomic mass is 32.2. The van der Waals surface area contributed by atoms with Crippen molar-refractivity contribution in [3.8, 4) is 5.75 Å². The lowest BCUT2D eigenvalue weighted by Gasteiger charge is -2.22. The smallest absolute Gasteiger partial charge is 0.119 e. The minimum Gasteiger partial charge on any atom is -0.508 e. The van der Waals surface area contributed by atoms with Crippen molar-refractivity contribution in [3.05, 3.63) is 29.8 Å². The molecule has 2 rings (SSSR count). The maximum atomic E-state index is 9.81. The highest BCUT2D eigenvalue weighted by Gasteiger charge is 2.27. The van der Waals surface area contributed by atoms with Crippen LogP contribution in [0.2, 0.25) is 0 Å². The first kappa shape index (κ1) is 10.8. The number of aromatic hydroxyl groups is 1. The molecule has 1 fully saturated rings. The first-order valence-electron chi connectivity index (χ1n) is 5.38. The third-order valence-corrected chi connectivity index (χ3v) is 4.31. The van der Waals surface area contributed by atoms with E-state index in [4.69, 9.17) is 5.73 Å². The number of phenols is 1. The van der Waals surface area contributed by atoms with Crippen LogP contribution in [0.5, 0.6) is 5.75 Å². The summed E-state index contributed by atoms with van der Waals surface area (Å²) in [4.78, 5) is 0. The van der Waals surface area contributed by atoms with Gasteiger partial charge in [-0.15, -0.1) is 0 Å². The normalized spacial score (nSPS) is 22.9. The average molecular weight is 223 g/mol. The van der Waals surface area contributed by atoms with Crippen molar-refractivity contribution in [1.82, 2.24) is 0 Å². The standard InChI is InChI=1S/C12H17NOS/c13-7-11(9-5-6-15-8-9)10-3-1-2-4-12(10)14/h1-4,9,11,14H,5-8,13H2. The Morgan fingerprint density at radius 3 is 2.87 bits per heavy atom. The number of nitrogens with two attached hydrogens (primary N) is 1. The van der Waals surface area contributed by atoms with Crippen molar-refractivity contribution in [1.29, 1.82) is 0 Å². The van der Waals surface area contributed by atoms with Crippen LogP contribution >= 0.6 is 11.8 Å². The van der Waals surface area contributed by atoms with E-state index in [0.717, 1.165) is 5.56 Å². The van der Waals surface area contributed by atoms with E-state index in [-0.39, 0.29) is 0 Å². The van der Waals surface area contributed by atoms with Crippen LogP contribution in [-0.2, 0) is 0 Å². The number of phenolic OH excluding ortho intramolecular Hbond substituents is 1. The van der Waals surface area contributed by atoms with Crippen LogP contribution in [-0.4, -0.2) is 23.2 Å². The van der Waals surface area contributed by atoms with Gasteiger partial charge in [-0.2, -0.15) is 11.8 Å². The maximum absolute atomic E-state index is 9.81. The van der Waals surface area contributed by atoms with Gasteiger partial charge < -0.3 is 10.8 Å². The van der Waals surface area contributed by atoms with E-state index in [9.17, 15) is 5.11 Å². The Kier molecular flexibility index (Phi) is 3.54. The molecule has 2 nitrogen and oxygen atoms in total. The number of thioether (sulfide) groups is 1. The molecule has 0 aromatic heterocycles. The van der Waals surface area contributed by atoms with Gasteiger partial charge >= 0.3 is 0 Å². The molecular formula is C12H17NOS. The number of hydrogen-bond acceptors (Lipinski definition) is 3. The van der Waals surface area contributed by atoms with Crippen molar-refractivity contribution < 1.29 is 5.11 Å². The van der Waals surface area contributed by atoms with E-state index in [0.29, 0.717) is 24.1 Å². The minimum atomic E-state index is 0.321. The minimum absolute atomic E-state index is 0.321. The molecule has 0 bridgehead atoms. The van der Waals surface area contributed by atoms with Gasteiger partial charge in [0.15, 0.2) is 0 Å². The number of benzene rings is 1. The molecule has 0 saturated carbocycles. The van der Waals surface area contributed by atoms with E-state index in [2.05, 4.69) is 0 Å². The summed E-state index contributed by atoms with van der Waals surface area (Å²) in [5.74, 6) is 3.75. The highest BCUT2D eigenvalue weighted by molar-refractivity contribution is 7.99. The maximum Gasteiger partial charge on any atom is 0.119 e. The van der Waals surface area contributed by atoms with Gasteiger partial charge in [-0.25, -0.2) is 0 Å². The van der Waals surface area contributed by atoms with E-state index in [1.54, 1.807) is 6.07 Å². The molecule has 2 atom stereocenters. The molecule has 2 unspecified atom stereocenters. The third kappa shape index (κ3) is 2.29. The summed E-state index contributed by atoms with van der Waals surface area (Å²) in [5.41, 5.74) is 6.85. The third-order valence-electron chi connectivity index (χ3n) is 3.12. The van der Waals surface area contributed by atoms with E-state index >= 15 is 0 Å². The molecule has 0 aliphatic carbocycles. The lowest BCUT2D eigenvalue weighted by atomic mass is 9.85. The Hall–Kier alpha value is -0.670. The predicted octanol–water partition coefficient (Wildman–Crippen LogP) is 2.19. The zero-order valence-electron chi connectivity index (χ0n) is 8.73. The lowest BCUT2D eigenvalue weighted by molar-refractivity contribution is 0.428. The van der Waals surface area contributed by atoms with Crippen LogP contribution < -0.4 is 5.73 Å². The van der Waals surface area contributed by atoms with Gasteiger partial charge in [-0.3, -0.25) is 0 Å². The Morgan fingerprint density at radius 2 is 2.27 bits per heavy atom. The van der Waals surface area contributed by atoms with E-state index in [1.807, 2.05) is 30.0 Å². The molecule has 1 aliphatic heterocycles. The summed E-state index contributed by atoms with van der Waals surface area (Å²) in [5, 5.41) is 9.81. The SMILES string of the molecule is NCC(c1ccccc1O)C1CCSC1. The van der Waals surface area contributed by atoms with E-state index < -0.39 is 0 Å². The molecule has 1 aliphatic rings. The van der Waals surface area contributed by atoms with Crippen LogP contribution in [0.4, 0.5) is 0 Å². The summed E-state index contributed by atoms with van der Waals surface area (Å²) in [7, 11) is 0. The highest BCUT2D eigenvalue weighted by Crippen LogP contribution is 2.38. The van der Waals surface area contributed by atoms with Crippen molar-refractivity contribution in [2.45, 2.75) is 12.3 Å². The van der Waals surface area contributed by atoms with Crippen molar-refractivity contribution in [2.24, 2.45) is 11.7 Å². The van der Waals surface area contributed by atoms with Gasteiger partial charge in [-0.1, -0.05) is 18.2 Å². The summed E-state index contributed by atoms with van der Waals surface area (Å²) in [6.45, 7) is 0.628. The van der Waals surface area contributed by atoms with Gasteiger partial charge in [0.2, 0.25) is 0 Å². The fourth-order valence-electron chi connectivity index (χ4n) is 2.24. The molecule has 0 radical (unpaired) electrons. The molecule has 0 amide bonds. The molecule has 1 aromatic carbocycles. The molecule has 1 heterocycles. The Morgan fingerprint density at radius 1 is 1.47 bits per heavy atom. The first-order chi connectivity index (χ1) is 7.33. The molecule has 15 heavy (non-hydrogen) atoms. The van der Waals surface area contributed by atoms with Gasteiger partial charge in [-0.05, 0) is 42.0 Å². The zero-order valence-corrected chi connectivity index (χ0v) is 9.54. The predicted molar refractivity (Wildman–Crippen MR) is 65.3 cm³/mol. The molecule has 0 spiro atoms. The van der Waals surface area contributed by atoms with Gasteiger partial charge in [0.25, 0.3) is 0 Å². The molecule has 82 valence electrons. The van der Waals surface area contributed by atoms with E-state index in [1.165, 1.54) is 17.9 Å². The summed E-state index contributed by atoms with van der Waals surface area (Å²) in [6.07, 6.45) is 1.22. The number of para-hydroxylation sites is 1. The first-order valence-corrected chi connectivity index (χ1v) is 6.54. The molecule has 3 heteroatoms. The van der Waals surface area contributed by atoms with Crippen molar-refractivity contribution in [2.75, 3.05) is 18.1 Å². The second-order valence-corrected chi connectivity index (χ2v) is 5.17. The quantitative estimate of drug-likeness (QED) is 0.825. The van der Waals surface area contributed by atoms with Gasteiger partial charge in [0.1, 0.15) is 5.75 Å². The van der Waals surface area contributed by atoms with Crippen LogP contribution in [0.1, 0.15) is 17.9 Å². The van der Waals surface area contributed by atoms with Gasteiger partial charge in [0, 0.05) is 5.92 Å². The van der Waals surface area contributed by atoms with Crippen LogP contribution in [0.3, 0.4) is 0 Å². The fourth-order valence-corrected chi connectivity index (χ4v) is 3.58. The second kappa shape index (κ2) is 4.90. The molecular weight excluding hydrogens is 206 g/mol.